The van der Waals surface area contributed by atoms with Crippen molar-refractivity contribution in [3.8, 4) is 0 Å². The summed E-state index contributed by atoms with van der Waals surface area (Å²) < 4.78 is 33.5. The van der Waals surface area contributed by atoms with Gasteiger partial charge in [0.2, 0.25) is 15.0 Å². The summed E-state index contributed by atoms with van der Waals surface area (Å²) in [4.78, 5) is 6.58. The normalized spacial score (nSPS) is 15.6. The van der Waals surface area contributed by atoms with E-state index >= 15 is 0 Å². The lowest BCUT2D eigenvalue weighted by Crippen LogP contribution is -2.24. The van der Waals surface area contributed by atoms with Gasteiger partial charge >= 0.3 is 0 Å². The molecule has 0 N–H and O–H groups in total. The summed E-state index contributed by atoms with van der Waals surface area (Å²) in [6.07, 6.45) is 8.25. The Morgan fingerprint density at radius 1 is 1.10 bits per heavy atom. The fraction of sp³-hybridized carbons (Fsp3) is 0.625. The van der Waals surface area contributed by atoms with Crippen LogP contribution in [0.1, 0.15) is 55.8 Å². The number of benzene rings is 1. The highest BCUT2D eigenvalue weighted by Crippen LogP contribution is 2.27. The number of ether oxygens (including phenoxy) is 1. The highest BCUT2D eigenvalue weighted by molar-refractivity contribution is 7.91. The first-order chi connectivity index (χ1) is 14.9. The molecule has 0 amide bonds. The van der Waals surface area contributed by atoms with Crippen LogP contribution in [0.15, 0.2) is 35.6 Å². The molecule has 0 unspecified atom stereocenters. The van der Waals surface area contributed by atoms with Crippen molar-refractivity contribution in [2.24, 2.45) is 5.92 Å². The highest BCUT2D eigenvalue weighted by atomic mass is 32.2. The van der Waals surface area contributed by atoms with Crippen LogP contribution in [0.2, 0.25) is 0 Å². The van der Waals surface area contributed by atoms with E-state index in [1.165, 1.54) is 17.5 Å². The van der Waals surface area contributed by atoms with Gasteiger partial charge < -0.3 is 9.30 Å². The summed E-state index contributed by atoms with van der Waals surface area (Å²) in [7, 11) is 0.266. The average molecular weight is 448 g/mol. The molecule has 0 aliphatic heterocycles. The Balaban J connectivity index is 1.74. The number of nitrogens with zero attached hydrogens (tertiary/aromatic N) is 3. The molecule has 1 aliphatic rings. The average Bonchev–Trinajstić information content (AvgIpc) is 3.16. The van der Waals surface area contributed by atoms with Gasteiger partial charge in [0.05, 0.1) is 24.3 Å². The number of imidazole rings is 1. The summed E-state index contributed by atoms with van der Waals surface area (Å²) in [5.41, 5.74) is 3.48. The first-order valence-corrected chi connectivity index (χ1v) is 13.1. The predicted molar refractivity (Wildman–Crippen MR) is 124 cm³/mol. The molecule has 0 spiro atoms. The zero-order valence-electron chi connectivity index (χ0n) is 19.2. The number of methoxy groups -OCH3 is 1. The summed E-state index contributed by atoms with van der Waals surface area (Å²) >= 11 is 0. The highest BCUT2D eigenvalue weighted by Gasteiger charge is 2.28. The molecular formula is C24H37N3O3S. The molecule has 0 radical (unpaired) electrons. The minimum absolute atomic E-state index is 0.200. The fourth-order valence-electron chi connectivity index (χ4n) is 4.45. The Morgan fingerprint density at radius 3 is 2.42 bits per heavy atom. The van der Waals surface area contributed by atoms with Crippen molar-refractivity contribution in [3.63, 3.8) is 0 Å². The van der Waals surface area contributed by atoms with Gasteiger partial charge in [0.25, 0.3) is 0 Å². The number of aromatic nitrogens is 2. The van der Waals surface area contributed by atoms with Gasteiger partial charge in [-0.05, 0) is 43.4 Å². The van der Waals surface area contributed by atoms with E-state index in [1.54, 1.807) is 13.3 Å². The van der Waals surface area contributed by atoms with Crippen LogP contribution < -0.4 is 0 Å². The van der Waals surface area contributed by atoms with Gasteiger partial charge in [-0.15, -0.1) is 0 Å². The molecule has 7 heteroatoms. The van der Waals surface area contributed by atoms with Crippen LogP contribution in [0.5, 0.6) is 0 Å². The number of hydrogen-bond donors (Lipinski definition) is 0. The molecule has 2 aromatic rings. The molecule has 172 valence electrons. The molecule has 1 aliphatic carbocycles. The third kappa shape index (κ3) is 6.64. The van der Waals surface area contributed by atoms with Crippen molar-refractivity contribution in [2.45, 2.75) is 70.2 Å². The van der Waals surface area contributed by atoms with Crippen molar-refractivity contribution in [2.75, 3.05) is 26.5 Å². The molecule has 31 heavy (non-hydrogen) atoms. The Morgan fingerprint density at radius 2 is 1.77 bits per heavy atom. The van der Waals surface area contributed by atoms with Crippen molar-refractivity contribution in [3.05, 3.63) is 47.3 Å². The van der Waals surface area contributed by atoms with Crippen LogP contribution in [0.25, 0.3) is 0 Å². The third-order valence-electron chi connectivity index (χ3n) is 6.19. The maximum Gasteiger partial charge on any atom is 0.227 e. The second-order valence-corrected chi connectivity index (χ2v) is 10.7. The predicted octanol–water partition coefficient (Wildman–Crippen LogP) is 4.08. The zero-order chi connectivity index (χ0) is 22.3. The van der Waals surface area contributed by atoms with E-state index in [-0.39, 0.29) is 16.8 Å². The van der Waals surface area contributed by atoms with Crippen LogP contribution in [0, 0.1) is 5.92 Å². The van der Waals surface area contributed by atoms with Gasteiger partial charge in [-0.2, -0.15) is 0 Å². The Bertz CT molecular complexity index is 916. The molecule has 1 heterocycles. The standard InChI is InChI=1S/C24H37N3O3S/c1-4-20-10-12-21(13-11-20)17-26(2)18-23-16-25-24(27(23)14-15-30-3)31(28,29)19-22-8-6-5-7-9-22/h10-13,16,22H,4-9,14-15,17-19H2,1-3H3. The van der Waals surface area contributed by atoms with Crippen LogP contribution in [-0.2, 0) is 40.6 Å². The van der Waals surface area contributed by atoms with Gasteiger partial charge in [-0.3, -0.25) is 4.90 Å². The van der Waals surface area contributed by atoms with Gasteiger partial charge in [0.1, 0.15) is 0 Å². The van der Waals surface area contributed by atoms with Gasteiger partial charge in [-0.1, -0.05) is 50.5 Å². The first-order valence-electron chi connectivity index (χ1n) is 11.5. The van der Waals surface area contributed by atoms with E-state index in [1.807, 2.05) is 4.57 Å². The van der Waals surface area contributed by atoms with Crippen LogP contribution >= 0.6 is 0 Å². The lowest BCUT2D eigenvalue weighted by molar-refractivity contribution is 0.182. The molecular weight excluding hydrogens is 410 g/mol. The molecule has 1 fully saturated rings. The topological polar surface area (TPSA) is 64.4 Å². The Kier molecular flexibility index (Phi) is 8.69. The smallest absolute Gasteiger partial charge is 0.227 e. The van der Waals surface area contributed by atoms with E-state index in [0.29, 0.717) is 19.7 Å². The van der Waals surface area contributed by atoms with E-state index in [4.69, 9.17) is 4.74 Å². The van der Waals surface area contributed by atoms with Gasteiger partial charge in [0, 0.05) is 26.7 Å². The van der Waals surface area contributed by atoms with Gasteiger partial charge in [-0.25, -0.2) is 13.4 Å². The molecule has 1 saturated carbocycles. The summed E-state index contributed by atoms with van der Waals surface area (Å²) in [6, 6.07) is 8.67. The van der Waals surface area contributed by atoms with Crippen molar-refractivity contribution >= 4 is 9.84 Å². The largest absolute Gasteiger partial charge is 0.383 e. The van der Waals surface area contributed by atoms with Crippen molar-refractivity contribution < 1.29 is 13.2 Å². The summed E-state index contributed by atoms with van der Waals surface area (Å²) in [5.74, 6) is 0.458. The molecule has 0 saturated heterocycles. The number of hydrogen-bond acceptors (Lipinski definition) is 5. The van der Waals surface area contributed by atoms with Crippen LogP contribution in [0.3, 0.4) is 0 Å². The number of rotatable bonds is 11. The molecule has 1 aromatic carbocycles. The van der Waals surface area contributed by atoms with Crippen molar-refractivity contribution in [1.29, 1.82) is 0 Å². The minimum Gasteiger partial charge on any atom is -0.383 e. The quantitative estimate of drug-likeness (QED) is 0.519. The van der Waals surface area contributed by atoms with Crippen molar-refractivity contribution in [1.82, 2.24) is 14.5 Å². The van der Waals surface area contributed by atoms with E-state index in [0.717, 1.165) is 44.3 Å². The van der Waals surface area contributed by atoms with E-state index in [2.05, 4.69) is 48.1 Å². The molecule has 3 rings (SSSR count). The molecule has 0 atom stereocenters. The maximum absolute atomic E-state index is 13.2. The maximum atomic E-state index is 13.2. The number of sulfone groups is 1. The lowest BCUT2D eigenvalue weighted by Gasteiger charge is -2.22. The molecule has 0 bridgehead atoms. The minimum atomic E-state index is -3.42. The Hall–Kier alpha value is -1.70. The second kappa shape index (κ2) is 11.2. The molecule has 1 aromatic heterocycles. The first kappa shape index (κ1) is 24.0. The fourth-order valence-corrected chi connectivity index (χ4v) is 6.31. The SMILES string of the molecule is CCc1ccc(CN(C)Cc2cnc(S(=O)(=O)CC3CCCCC3)n2CCOC)cc1. The Labute approximate surface area is 187 Å². The second-order valence-electron chi connectivity index (χ2n) is 8.80. The lowest BCUT2D eigenvalue weighted by atomic mass is 9.91. The third-order valence-corrected chi connectivity index (χ3v) is 7.99. The summed E-state index contributed by atoms with van der Waals surface area (Å²) in [6.45, 7) is 4.53. The van der Waals surface area contributed by atoms with Gasteiger partial charge in [0.15, 0.2) is 0 Å². The van der Waals surface area contributed by atoms with Crippen LogP contribution in [-0.4, -0.2) is 49.4 Å². The monoisotopic (exact) mass is 447 g/mol. The van der Waals surface area contributed by atoms with Crippen LogP contribution in [0.4, 0.5) is 0 Å². The molecule has 6 nitrogen and oxygen atoms in total. The number of aryl methyl sites for hydroxylation is 1. The zero-order valence-corrected chi connectivity index (χ0v) is 20.0. The van der Waals surface area contributed by atoms with E-state index < -0.39 is 9.84 Å². The van der Waals surface area contributed by atoms with E-state index in [9.17, 15) is 8.42 Å². The summed E-state index contributed by atoms with van der Waals surface area (Å²) in [5, 5.41) is 0.200.